The molecule has 1 N–H and O–H groups in total. The molecule has 0 atom stereocenters. The summed E-state index contributed by atoms with van der Waals surface area (Å²) in [5.74, 6) is 0.104. The van der Waals surface area contributed by atoms with Gasteiger partial charge in [-0.1, -0.05) is 6.08 Å². The highest BCUT2D eigenvalue weighted by molar-refractivity contribution is 5.95. The van der Waals surface area contributed by atoms with Gasteiger partial charge in [-0.15, -0.1) is 0 Å². The fourth-order valence-electron chi connectivity index (χ4n) is 0.813. The van der Waals surface area contributed by atoms with Crippen LogP contribution in [-0.2, 0) is 4.79 Å². The lowest BCUT2D eigenvalue weighted by Crippen LogP contribution is -2.13. The molecule has 1 aliphatic rings. The molecular weight excluding hydrogens is 102 g/mol. The van der Waals surface area contributed by atoms with Crippen LogP contribution in [0, 0.1) is 0 Å². The molecule has 2 nitrogen and oxygen atoms in total. The van der Waals surface area contributed by atoms with Gasteiger partial charge in [0.1, 0.15) is 0 Å². The van der Waals surface area contributed by atoms with Gasteiger partial charge in [0, 0.05) is 12.1 Å². The number of nitrogens with one attached hydrogen (secondary N) is 1. The predicted octanol–water partition coefficient (Wildman–Crippen LogP) is 0.453. The Morgan fingerprint density at radius 1 is 1.75 bits per heavy atom. The molecule has 0 radical (unpaired) electrons. The first-order chi connectivity index (χ1) is 3.84. The number of carbonyl (C=O) groups excluding carboxylic acids is 1. The summed E-state index contributed by atoms with van der Waals surface area (Å²) < 4.78 is 0. The highest BCUT2D eigenvalue weighted by atomic mass is 16.1. The molecule has 2 heteroatoms. The highest BCUT2D eigenvalue weighted by Gasteiger charge is 2.13. The average Bonchev–Trinajstić information content (AvgIpc) is 2.14. The monoisotopic (exact) mass is 111 g/mol. The molecule has 0 aromatic carbocycles. The van der Waals surface area contributed by atoms with E-state index in [1.807, 2.05) is 13.0 Å². The van der Waals surface area contributed by atoms with Crippen LogP contribution in [0.1, 0.15) is 13.3 Å². The maximum Gasteiger partial charge on any atom is 0.246 e. The molecule has 0 aromatic heterocycles. The largest absolute Gasteiger partial charge is 0.352 e. The zero-order chi connectivity index (χ0) is 5.98. The minimum absolute atomic E-state index is 0.104. The third kappa shape index (κ3) is 0.735. The van der Waals surface area contributed by atoms with Crippen molar-refractivity contribution in [1.82, 2.24) is 5.32 Å². The van der Waals surface area contributed by atoms with E-state index in [0.29, 0.717) is 0 Å². The van der Waals surface area contributed by atoms with E-state index in [4.69, 9.17) is 0 Å². The van der Waals surface area contributed by atoms with Crippen LogP contribution in [0.4, 0.5) is 0 Å². The lowest BCUT2D eigenvalue weighted by Gasteiger charge is -1.85. The van der Waals surface area contributed by atoms with Crippen LogP contribution in [0.2, 0.25) is 0 Å². The number of carbonyl (C=O) groups is 1. The second kappa shape index (κ2) is 1.99. The summed E-state index contributed by atoms with van der Waals surface area (Å²) in [4.78, 5) is 10.6. The SMILES string of the molecule is CC=C1CCNC1=O. The Balaban J connectivity index is 2.69. The Bertz CT molecular complexity index is 137. The second-order valence-corrected chi connectivity index (χ2v) is 1.82. The molecule has 0 unspecified atom stereocenters. The molecule has 0 aliphatic carbocycles. The molecule has 0 saturated carbocycles. The summed E-state index contributed by atoms with van der Waals surface area (Å²) in [5.41, 5.74) is 0.921. The van der Waals surface area contributed by atoms with Crippen molar-refractivity contribution in [2.75, 3.05) is 6.54 Å². The van der Waals surface area contributed by atoms with Gasteiger partial charge in [-0.3, -0.25) is 4.79 Å². The average molecular weight is 111 g/mol. The molecule has 44 valence electrons. The topological polar surface area (TPSA) is 29.1 Å². The molecule has 8 heavy (non-hydrogen) atoms. The van der Waals surface area contributed by atoms with Crippen molar-refractivity contribution in [3.8, 4) is 0 Å². The molecule has 1 rings (SSSR count). The number of amides is 1. The molecule has 1 amide bonds. The van der Waals surface area contributed by atoms with Gasteiger partial charge >= 0.3 is 0 Å². The Morgan fingerprint density at radius 3 is 2.75 bits per heavy atom. The molecule has 0 aromatic rings. The van der Waals surface area contributed by atoms with Crippen molar-refractivity contribution in [3.05, 3.63) is 11.6 Å². The van der Waals surface area contributed by atoms with E-state index in [1.54, 1.807) is 0 Å². The van der Waals surface area contributed by atoms with Crippen LogP contribution >= 0.6 is 0 Å². The van der Waals surface area contributed by atoms with Gasteiger partial charge in [0.25, 0.3) is 0 Å². The third-order valence-corrected chi connectivity index (χ3v) is 1.32. The fraction of sp³-hybridized carbons (Fsp3) is 0.500. The Labute approximate surface area is 48.6 Å². The van der Waals surface area contributed by atoms with Crippen molar-refractivity contribution in [2.24, 2.45) is 0 Å². The van der Waals surface area contributed by atoms with Crippen LogP contribution in [0.25, 0.3) is 0 Å². The summed E-state index contributed by atoms with van der Waals surface area (Å²) in [5, 5.41) is 2.71. The molecule has 1 fully saturated rings. The number of allylic oxidation sites excluding steroid dienone is 1. The quantitative estimate of drug-likeness (QED) is 0.452. The second-order valence-electron chi connectivity index (χ2n) is 1.82. The Morgan fingerprint density at radius 2 is 2.50 bits per heavy atom. The predicted molar refractivity (Wildman–Crippen MR) is 31.4 cm³/mol. The van der Waals surface area contributed by atoms with E-state index in [2.05, 4.69) is 5.32 Å². The van der Waals surface area contributed by atoms with Gasteiger partial charge in [-0.05, 0) is 13.3 Å². The van der Waals surface area contributed by atoms with Crippen molar-refractivity contribution in [2.45, 2.75) is 13.3 Å². The lowest BCUT2D eigenvalue weighted by molar-refractivity contribution is -0.116. The maximum absolute atomic E-state index is 10.6. The molecular formula is C6H9NO. The van der Waals surface area contributed by atoms with Crippen molar-refractivity contribution in [1.29, 1.82) is 0 Å². The molecule has 0 spiro atoms. The van der Waals surface area contributed by atoms with E-state index >= 15 is 0 Å². The Hall–Kier alpha value is -0.790. The number of hydrogen-bond donors (Lipinski definition) is 1. The number of hydrogen-bond acceptors (Lipinski definition) is 1. The van der Waals surface area contributed by atoms with Crippen LogP contribution in [-0.4, -0.2) is 12.5 Å². The normalized spacial score (nSPS) is 24.1. The van der Waals surface area contributed by atoms with Crippen LogP contribution < -0.4 is 5.32 Å². The van der Waals surface area contributed by atoms with Crippen LogP contribution in [0.15, 0.2) is 11.6 Å². The minimum atomic E-state index is 0.104. The molecule has 1 saturated heterocycles. The standard InChI is InChI=1S/C6H9NO/c1-2-5-3-4-7-6(5)8/h2H,3-4H2,1H3,(H,7,8). The number of rotatable bonds is 0. The van der Waals surface area contributed by atoms with Crippen molar-refractivity contribution in [3.63, 3.8) is 0 Å². The third-order valence-electron chi connectivity index (χ3n) is 1.32. The van der Waals surface area contributed by atoms with E-state index in [-0.39, 0.29) is 5.91 Å². The smallest absolute Gasteiger partial charge is 0.246 e. The summed E-state index contributed by atoms with van der Waals surface area (Å²) in [6.45, 7) is 2.71. The molecule has 1 heterocycles. The van der Waals surface area contributed by atoms with Gasteiger partial charge in [0.2, 0.25) is 5.91 Å². The molecule has 1 aliphatic heterocycles. The van der Waals surface area contributed by atoms with Crippen LogP contribution in [0.3, 0.4) is 0 Å². The van der Waals surface area contributed by atoms with Crippen molar-refractivity contribution < 1.29 is 4.79 Å². The lowest BCUT2D eigenvalue weighted by atomic mass is 10.2. The van der Waals surface area contributed by atoms with E-state index in [0.717, 1.165) is 18.5 Å². The molecule has 0 bridgehead atoms. The van der Waals surface area contributed by atoms with Gasteiger partial charge in [0.05, 0.1) is 0 Å². The summed E-state index contributed by atoms with van der Waals surface area (Å²) in [6.07, 6.45) is 2.76. The van der Waals surface area contributed by atoms with Gasteiger partial charge in [0.15, 0.2) is 0 Å². The van der Waals surface area contributed by atoms with E-state index in [9.17, 15) is 4.79 Å². The first kappa shape index (κ1) is 5.35. The maximum atomic E-state index is 10.6. The minimum Gasteiger partial charge on any atom is -0.352 e. The van der Waals surface area contributed by atoms with Crippen molar-refractivity contribution >= 4 is 5.91 Å². The first-order valence-corrected chi connectivity index (χ1v) is 2.78. The Kier molecular flexibility index (Phi) is 1.33. The summed E-state index contributed by atoms with van der Waals surface area (Å²) in [7, 11) is 0. The first-order valence-electron chi connectivity index (χ1n) is 2.78. The zero-order valence-electron chi connectivity index (χ0n) is 4.90. The fourth-order valence-corrected chi connectivity index (χ4v) is 0.813. The summed E-state index contributed by atoms with van der Waals surface area (Å²) >= 11 is 0. The van der Waals surface area contributed by atoms with Gasteiger partial charge < -0.3 is 5.32 Å². The highest BCUT2D eigenvalue weighted by Crippen LogP contribution is 2.05. The summed E-state index contributed by atoms with van der Waals surface area (Å²) in [6, 6.07) is 0. The van der Waals surface area contributed by atoms with E-state index < -0.39 is 0 Å². The zero-order valence-corrected chi connectivity index (χ0v) is 4.90. The van der Waals surface area contributed by atoms with Crippen LogP contribution in [0.5, 0.6) is 0 Å². The van der Waals surface area contributed by atoms with Gasteiger partial charge in [-0.25, -0.2) is 0 Å². The van der Waals surface area contributed by atoms with Gasteiger partial charge in [-0.2, -0.15) is 0 Å². The van der Waals surface area contributed by atoms with E-state index in [1.165, 1.54) is 0 Å².